The summed E-state index contributed by atoms with van der Waals surface area (Å²) in [5.74, 6) is 0.392. The number of carbonyl (C=O) groups is 1. The molecule has 1 saturated carbocycles. The highest BCUT2D eigenvalue weighted by molar-refractivity contribution is 5.75. The Kier molecular flexibility index (Phi) is 6.11. The second kappa shape index (κ2) is 8.96. The van der Waals surface area contributed by atoms with Crippen LogP contribution in [0.25, 0.3) is 0 Å². The lowest BCUT2D eigenvalue weighted by molar-refractivity contribution is -0.141. The van der Waals surface area contributed by atoms with Crippen LogP contribution in [0, 0.1) is 5.41 Å². The van der Waals surface area contributed by atoms with E-state index in [4.69, 9.17) is 0 Å². The smallest absolute Gasteiger partial charge is 0.349 e. The van der Waals surface area contributed by atoms with Crippen molar-refractivity contribution >= 4 is 11.8 Å². The van der Waals surface area contributed by atoms with Crippen LogP contribution in [0.3, 0.4) is 0 Å². The standard InChI is InChI=1S/C25H31F3N6O/c1-17-13-34(18(2)12-33(17)22-11-29-21(10-30-22)25(26,27)28)23(35)31-20-8-24(9-20)15-32(16-24)14-19-6-4-3-5-7-19/h3-7,10-11,17-18,20H,8-9,12-16H2,1-2H3,(H,31,35)/t17-,18+/m1/s1. The SMILES string of the molecule is C[C@@H]1CN(C(=O)NC2CC3(C2)CN(Cc2ccccc2)C3)[C@@H](C)CN1c1cnc(C(F)(F)F)cn1. The van der Waals surface area contributed by atoms with Crippen LogP contribution in [0.4, 0.5) is 23.8 Å². The third-order valence-electron chi connectivity index (χ3n) is 7.52. The molecule has 0 unspecified atom stereocenters. The first kappa shape index (κ1) is 23.8. The molecule has 7 nitrogen and oxygen atoms in total. The molecule has 2 amide bonds. The molecule has 1 N–H and O–H groups in total. The van der Waals surface area contributed by atoms with Gasteiger partial charge in [-0.2, -0.15) is 13.2 Å². The number of benzene rings is 1. The summed E-state index contributed by atoms with van der Waals surface area (Å²) in [6.07, 6.45) is -0.569. The topological polar surface area (TPSA) is 64.6 Å². The van der Waals surface area contributed by atoms with Gasteiger partial charge in [0.05, 0.1) is 12.4 Å². The zero-order chi connectivity index (χ0) is 24.8. The number of hydrogen-bond donors (Lipinski definition) is 1. The fourth-order valence-corrected chi connectivity index (χ4v) is 5.80. The Bertz CT molecular complexity index is 1030. The van der Waals surface area contributed by atoms with Gasteiger partial charge in [0.15, 0.2) is 5.69 Å². The normalized spacial score (nSPS) is 24.7. The summed E-state index contributed by atoms with van der Waals surface area (Å²) in [6, 6.07) is 10.4. The van der Waals surface area contributed by atoms with Crippen LogP contribution in [-0.2, 0) is 12.7 Å². The van der Waals surface area contributed by atoms with Crippen LogP contribution >= 0.6 is 0 Å². The number of aromatic nitrogens is 2. The quantitative estimate of drug-likeness (QED) is 0.710. The Hall–Kier alpha value is -2.88. The molecule has 1 aliphatic carbocycles. The Labute approximate surface area is 203 Å². The Morgan fingerprint density at radius 3 is 2.40 bits per heavy atom. The third kappa shape index (κ3) is 4.94. The van der Waals surface area contributed by atoms with Crippen molar-refractivity contribution in [2.75, 3.05) is 31.1 Å². The highest BCUT2D eigenvalue weighted by atomic mass is 19.4. The molecular weight excluding hydrogens is 457 g/mol. The van der Waals surface area contributed by atoms with Crippen molar-refractivity contribution in [3.8, 4) is 0 Å². The van der Waals surface area contributed by atoms with Gasteiger partial charge in [-0.1, -0.05) is 30.3 Å². The molecule has 2 aromatic rings. The van der Waals surface area contributed by atoms with E-state index < -0.39 is 11.9 Å². The Morgan fingerprint density at radius 2 is 1.77 bits per heavy atom. The van der Waals surface area contributed by atoms with Crippen LogP contribution in [0.15, 0.2) is 42.7 Å². The van der Waals surface area contributed by atoms with Gasteiger partial charge in [0.25, 0.3) is 0 Å². The molecule has 2 atom stereocenters. The lowest BCUT2D eigenvalue weighted by Crippen LogP contribution is -2.68. The summed E-state index contributed by atoms with van der Waals surface area (Å²) in [7, 11) is 0. The zero-order valence-electron chi connectivity index (χ0n) is 20.0. The summed E-state index contributed by atoms with van der Waals surface area (Å²) in [5.41, 5.74) is 0.662. The van der Waals surface area contributed by atoms with Crippen molar-refractivity contribution in [2.24, 2.45) is 5.41 Å². The second-order valence-corrected chi connectivity index (χ2v) is 10.4. The van der Waals surface area contributed by atoms with Gasteiger partial charge in [-0.05, 0) is 37.7 Å². The van der Waals surface area contributed by atoms with E-state index in [1.165, 1.54) is 5.56 Å². The van der Waals surface area contributed by atoms with Crippen molar-refractivity contribution in [3.05, 3.63) is 54.0 Å². The van der Waals surface area contributed by atoms with Gasteiger partial charge in [-0.15, -0.1) is 0 Å². The highest BCUT2D eigenvalue weighted by Crippen LogP contribution is 2.48. The number of rotatable bonds is 4. The van der Waals surface area contributed by atoms with Crippen LogP contribution in [-0.4, -0.2) is 70.1 Å². The second-order valence-electron chi connectivity index (χ2n) is 10.4. The van der Waals surface area contributed by atoms with Gasteiger partial charge < -0.3 is 15.1 Å². The first-order chi connectivity index (χ1) is 16.6. The first-order valence-electron chi connectivity index (χ1n) is 12.1. The van der Waals surface area contributed by atoms with E-state index in [1.807, 2.05) is 29.7 Å². The van der Waals surface area contributed by atoms with Gasteiger partial charge in [-0.25, -0.2) is 14.8 Å². The number of nitrogens with zero attached hydrogens (tertiary/aromatic N) is 5. The van der Waals surface area contributed by atoms with E-state index in [2.05, 4.69) is 44.5 Å². The van der Waals surface area contributed by atoms with Crippen LogP contribution in [0.1, 0.15) is 37.9 Å². The van der Waals surface area contributed by atoms with Gasteiger partial charge in [0, 0.05) is 50.8 Å². The van der Waals surface area contributed by atoms with Gasteiger partial charge >= 0.3 is 12.2 Å². The molecule has 35 heavy (non-hydrogen) atoms. The van der Waals surface area contributed by atoms with E-state index in [9.17, 15) is 18.0 Å². The number of alkyl halides is 3. The molecule has 0 radical (unpaired) electrons. The molecule has 3 aliphatic rings. The average molecular weight is 489 g/mol. The number of nitrogens with one attached hydrogen (secondary N) is 1. The predicted octanol–water partition coefficient (Wildman–Crippen LogP) is 3.77. The molecule has 3 fully saturated rings. The highest BCUT2D eigenvalue weighted by Gasteiger charge is 2.52. The molecule has 0 bridgehead atoms. The number of likely N-dealkylation sites (tertiary alicyclic amines) is 1. The van der Waals surface area contributed by atoms with Crippen molar-refractivity contribution < 1.29 is 18.0 Å². The van der Waals surface area contributed by atoms with E-state index in [0.29, 0.717) is 24.3 Å². The molecule has 188 valence electrons. The minimum atomic E-state index is -4.51. The number of hydrogen-bond acceptors (Lipinski definition) is 5. The van der Waals surface area contributed by atoms with Crippen molar-refractivity contribution in [1.29, 1.82) is 0 Å². The Balaban J connectivity index is 1.09. The van der Waals surface area contributed by atoms with Gasteiger partial charge in [0.1, 0.15) is 5.82 Å². The minimum Gasteiger partial charge on any atom is -0.349 e. The first-order valence-corrected chi connectivity index (χ1v) is 12.1. The minimum absolute atomic E-state index is 0.0668. The van der Waals surface area contributed by atoms with Crippen LogP contribution in [0.5, 0.6) is 0 Å². The molecule has 1 aromatic heterocycles. The largest absolute Gasteiger partial charge is 0.434 e. The molecule has 5 rings (SSSR count). The van der Waals surface area contributed by atoms with E-state index in [-0.39, 0.29) is 24.2 Å². The average Bonchev–Trinajstić information content (AvgIpc) is 2.77. The lowest BCUT2D eigenvalue weighted by Gasteiger charge is -2.59. The fourth-order valence-electron chi connectivity index (χ4n) is 5.80. The van der Waals surface area contributed by atoms with E-state index in [0.717, 1.165) is 44.9 Å². The maximum absolute atomic E-state index is 13.0. The number of amides is 2. The van der Waals surface area contributed by atoms with Crippen LogP contribution in [0.2, 0.25) is 0 Å². The molecule has 2 saturated heterocycles. The van der Waals surface area contributed by atoms with E-state index >= 15 is 0 Å². The predicted molar refractivity (Wildman–Crippen MR) is 126 cm³/mol. The summed E-state index contributed by atoms with van der Waals surface area (Å²) in [4.78, 5) is 26.7. The number of piperazine rings is 1. The maximum atomic E-state index is 13.0. The molecule has 1 spiro atoms. The third-order valence-corrected chi connectivity index (χ3v) is 7.52. The summed E-state index contributed by atoms with van der Waals surface area (Å²) in [6.45, 7) is 7.98. The van der Waals surface area contributed by atoms with E-state index in [1.54, 1.807) is 0 Å². The molecule has 3 heterocycles. The number of carbonyl (C=O) groups excluding carboxylic acids is 1. The zero-order valence-corrected chi connectivity index (χ0v) is 20.0. The van der Waals surface area contributed by atoms with Crippen LogP contribution < -0.4 is 10.2 Å². The molecule has 1 aromatic carbocycles. The van der Waals surface area contributed by atoms with Gasteiger partial charge in [-0.3, -0.25) is 4.90 Å². The summed E-state index contributed by atoms with van der Waals surface area (Å²) in [5, 5.41) is 3.20. The molecule has 10 heteroatoms. The fraction of sp³-hybridized carbons (Fsp3) is 0.560. The maximum Gasteiger partial charge on any atom is 0.434 e. The van der Waals surface area contributed by atoms with Crippen molar-refractivity contribution in [3.63, 3.8) is 0 Å². The van der Waals surface area contributed by atoms with Gasteiger partial charge in [0.2, 0.25) is 0 Å². The summed E-state index contributed by atoms with van der Waals surface area (Å²) < 4.78 is 38.4. The Morgan fingerprint density at radius 1 is 1.06 bits per heavy atom. The number of anilines is 1. The summed E-state index contributed by atoms with van der Waals surface area (Å²) >= 11 is 0. The lowest BCUT2D eigenvalue weighted by atomic mass is 9.60. The molecular formula is C25H31F3N6O. The van der Waals surface area contributed by atoms with Crippen molar-refractivity contribution in [1.82, 2.24) is 25.1 Å². The molecule has 2 aliphatic heterocycles. The van der Waals surface area contributed by atoms with Crippen molar-refractivity contribution in [2.45, 2.75) is 57.5 Å². The number of urea groups is 1. The number of halogens is 3. The monoisotopic (exact) mass is 488 g/mol.